The zero-order valence-electron chi connectivity index (χ0n) is 15.2. The highest BCUT2D eigenvalue weighted by atomic mass is 35.5. The van der Waals surface area contributed by atoms with Crippen molar-refractivity contribution in [2.45, 2.75) is 19.3 Å². The molecule has 0 bridgehead atoms. The van der Waals surface area contributed by atoms with Gasteiger partial charge in [-0.2, -0.15) is 15.8 Å². The Kier molecular flexibility index (Phi) is 5.33. The minimum Gasteiger partial charge on any atom is -0.331 e. The summed E-state index contributed by atoms with van der Waals surface area (Å²) >= 11 is 6.46. The number of benzene rings is 1. The lowest BCUT2D eigenvalue weighted by Gasteiger charge is -2.46. The topological polar surface area (TPSA) is 99.7 Å². The number of nitriles is 3. The summed E-state index contributed by atoms with van der Waals surface area (Å²) < 4.78 is 0. The van der Waals surface area contributed by atoms with Crippen LogP contribution < -0.4 is 4.90 Å². The van der Waals surface area contributed by atoms with Crippen LogP contribution in [0.3, 0.4) is 0 Å². The second-order valence-electron chi connectivity index (χ2n) is 7.23. The maximum absolute atomic E-state index is 10.0. The number of fused-ring (bicyclic) bond motifs is 1. The molecular weight excluding hydrogens is 358 g/mol. The minimum absolute atomic E-state index is 0.124. The van der Waals surface area contributed by atoms with Crippen molar-refractivity contribution in [3.05, 3.63) is 46.5 Å². The van der Waals surface area contributed by atoms with Crippen molar-refractivity contribution in [1.82, 2.24) is 0 Å². The molecule has 0 aromatic heterocycles. The van der Waals surface area contributed by atoms with Gasteiger partial charge >= 0.3 is 0 Å². The summed E-state index contributed by atoms with van der Waals surface area (Å²) in [6, 6.07) is 13.6. The monoisotopic (exact) mass is 378 g/mol. The van der Waals surface area contributed by atoms with E-state index < -0.39 is 17.3 Å². The van der Waals surface area contributed by atoms with Crippen molar-refractivity contribution in [3.8, 4) is 18.2 Å². The number of quaternary nitrogens is 1. The van der Waals surface area contributed by atoms with Gasteiger partial charge in [-0.1, -0.05) is 36.7 Å². The van der Waals surface area contributed by atoms with Crippen molar-refractivity contribution in [3.63, 3.8) is 0 Å². The number of hydrogen-bond acceptors (Lipinski definition) is 4. The number of rotatable bonds is 3. The van der Waals surface area contributed by atoms with Crippen LogP contribution in [0.15, 0.2) is 35.9 Å². The molecular formula is C21H21ClN5+. The lowest BCUT2D eigenvalue weighted by Crippen LogP contribution is -3.13. The van der Waals surface area contributed by atoms with Gasteiger partial charge in [-0.15, -0.1) is 0 Å². The third-order valence-electron chi connectivity index (χ3n) is 5.80. The molecule has 5 nitrogen and oxygen atoms in total. The molecule has 1 saturated carbocycles. The Labute approximate surface area is 164 Å². The van der Waals surface area contributed by atoms with Gasteiger partial charge in [0.05, 0.1) is 43.6 Å². The molecule has 2 aliphatic rings. The molecule has 2 N–H and O–H groups in total. The van der Waals surface area contributed by atoms with E-state index in [0.717, 1.165) is 31.6 Å². The van der Waals surface area contributed by atoms with E-state index in [0.29, 0.717) is 10.6 Å². The van der Waals surface area contributed by atoms with Crippen molar-refractivity contribution in [2.75, 3.05) is 19.6 Å². The van der Waals surface area contributed by atoms with Crippen LogP contribution in [0.4, 0.5) is 0 Å². The van der Waals surface area contributed by atoms with Crippen LogP contribution in [0, 0.1) is 56.7 Å². The van der Waals surface area contributed by atoms with E-state index in [-0.39, 0.29) is 11.6 Å². The van der Waals surface area contributed by atoms with Crippen LogP contribution >= 0.6 is 11.6 Å². The second-order valence-corrected chi connectivity index (χ2v) is 7.63. The van der Waals surface area contributed by atoms with E-state index in [1.807, 2.05) is 24.3 Å². The average Bonchev–Trinajstić information content (AvgIpc) is 2.68. The summed E-state index contributed by atoms with van der Waals surface area (Å²) in [5, 5.41) is 38.8. The van der Waals surface area contributed by atoms with E-state index in [1.165, 1.54) is 4.90 Å². The molecule has 1 fully saturated rings. The molecule has 27 heavy (non-hydrogen) atoms. The molecule has 0 spiro atoms. The Morgan fingerprint density at radius 2 is 1.96 bits per heavy atom. The second kappa shape index (κ2) is 7.53. The molecule has 1 aliphatic heterocycles. The Hall–Kier alpha value is -2.65. The molecule has 2 unspecified atom stereocenters. The van der Waals surface area contributed by atoms with Gasteiger partial charge in [-0.25, -0.2) is 0 Å². The highest BCUT2D eigenvalue weighted by Gasteiger charge is 2.58. The Bertz CT molecular complexity index is 900. The fourth-order valence-corrected chi connectivity index (χ4v) is 4.84. The molecule has 0 amide bonds. The van der Waals surface area contributed by atoms with Gasteiger partial charge in [0.25, 0.3) is 0 Å². The van der Waals surface area contributed by atoms with Crippen molar-refractivity contribution in [2.24, 2.45) is 17.3 Å². The number of nitrogens with one attached hydrogen (secondary N) is 2. The molecule has 0 radical (unpaired) electrons. The quantitative estimate of drug-likeness (QED) is 0.790. The van der Waals surface area contributed by atoms with Crippen LogP contribution in [-0.2, 0) is 0 Å². The van der Waals surface area contributed by atoms with Gasteiger partial charge in [0.2, 0.25) is 0 Å². The number of hydrogen-bond donors (Lipinski definition) is 2. The fraction of sp³-hybridized carbons (Fsp3) is 0.429. The Balaban J connectivity index is 2.24. The molecule has 136 valence electrons. The van der Waals surface area contributed by atoms with E-state index in [4.69, 9.17) is 17.0 Å². The summed E-state index contributed by atoms with van der Waals surface area (Å²) in [6.07, 6.45) is 3.07. The molecule has 0 saturated heterocycles. The first kappa shape index (κ1) is 19.1. The normalized spacial score (nSPS) is 28.9. The maximum atomic E-state index is 10.0. The molecule has 6 heteroatoms. The first-order valence-corrected chi connectivity index (χ1v) is 9.50. The average molecular weight is 379 g/mol. The highest BCUT2D eigenvalue weighted by Crippen LogP contribution is 2.53. The molecule has 4 atom stereocenters. The number of nitrogens with zero attached hydrogens (tertiary/aromatic N) is 3. The van der Waals surface area contributed by atoms with Crippen LogP contribution in [0.1, 0.15) is 24.8 Å². The van der Waals surface area contributed by atoms with Crippen LogP contribution in [-0.4, -0.2) is 25.3 Å². The van der Waals surface area contributed by atoms with Crippen LogP contribution in [0.5, 0.6) is 0 Å². The van der Waals surface area contributed by atoms with Crippen LogP contribution in [0.2, 0.25) is 5.02 Å². The van der Waals surface area contributed by atoms with Gasteiger partial charge in [0.15, 0.2) is 5.41 Å². The molecule has 1 aromatic carbocycles. The molecule has 3 rings (SSSR count). The zero-order chi connectivity index (χ0) is 19.6. The molecule has 1 aliphatic carbocycles. The van der Waals surface area contributed by atoms with Gasteiger partial charge in [0.1, 0.15) is 5.92 Å². The van der Waals surface area contributed by atoms with Crippen molar-refractivity contribution in [1.29, 1.82) is 21.2 Å². The molecule has 1 aromatic rings. The smallest absolute Gasteiger partial charge is 0.190 e. The number of halogens is 1. The van der Waals surface area contributed by atoms with E-state index in [2.05, 4.69) is 25.1 Å². The summed E-state index contributed by atoms with van der Waals surface area (Å²) in [6.45, 7) is 4.64. The first-order chi connectivity index (χ1) is 13.0. The third kappa shape index (κ3) is 2.92. The van der Waals surface area contributed by atoms with Crippen molar-refractivity contribution < 1.29 is 4.90 Å². The fourth-order valence-electron chi connectivity index (χ4n) is 4.59. The lowest BCUT2D eigenvalue weighted by molar-refractivity contribution is -0.899. The van der Waals surface area contributed by atoms with Gasteiger partial charge in [-0.3, -0.25) is 0 Å². The lowest BCUT2D eigenvalue weighted by atomic mass is 9.54. The van der Waals surface area contributed by atoms with E-state index >= 15 is 0 Å². The molecule has 1 heterocycles. The van der Waals surface area contributed by atoms with Gasteiger partial charge in [-0.05, 0) is 29.7 Å². The Morgan fingerprint density at radius 1 is 1.26 bits per heavy atom. The minimum atomic E-state index is -1.69. The SMILES string of the molecule is CCC[NH+]1CC=C2C(C#N)C(=N)C(C#N)(C#N)[C@@H](c3ccccc3Cl)[C@@H]2C1. The first-order valence-electron chi connectivity index (χ1n) is 9.13. The van der Waals surface area contributed by atoms with Crippen LogP contribution in [0.25, 0.3) is 0 Å². The maximum Gasteiger partial charge on any atom is 0.190 e. The largest absolute Gasteiger partial charge is 0.331 e. The summed E-state index contributed by atoms with van der Waals surface area (Å²) in [5.74, 6) is -1.55. The van der Waals surface area contributed by atoms with E-state index in [1.54, 1.807) is 6.07 Å². The standard InChI is InChI=1S/C21H20ClN5/c1-2-8-27-9-7-14-16(10-23)20(26)21(12-24,13-25)19(17(14)11-27)15-5-3-4-6-18(15)22/h3-7,16-17,19,26H,2,8-9,11H2,1H3/p+1/t16?,17-,19+/m1/s1. The van der Waals surface area contributed by atoms with E-state index in [9.17, 15) is 15.8 Å². The zero-order valence-corrected chi connectivity index (χ0v) is 15.9. The van der Waals surface area contributed by atoms with Crippen molar-refractivity contribution >= 4 is 17.3 Å². The summed E-state index contributed by atoms with van der Waals surface area (Å²) in [7, 11) is 0. The summed E-state index contributed by atoms with van der Waals surface area (Å²) in [5.41, 5.74) is -0.242. The predicted octanol–water partition coefficient (Wildman–Crippen LogP) is 2.48. The third-order valence-corrected chi connectivity index (χ3v) is 6.15. The Morgan fingerprint density at radius 3 is 2.56 bits per heavy atom. The predicted molar refractivity (Wildman–Crippen MR) is 102 cm³/mol. The van der Waals surface area contributed by atoms with Gasteiger partial charge < -0.3 is 10.3 Å². The summed E-state index contributed by atoms with van der Waals surface area (Å²) in [4.78, 5) is 1.36. The van der Waals surface area contributed by atoms with Gasteiger partial charge in [0, 0.05) is 16.9 Å². The highest BCUT2D eigenvalue weighted by molar-refractivity contribution is 6.31.